The van der Waals surface area contributed by atoms with E-state index in [4.69, 9.17) is 16.3 Å². The van der Waals surface area contributed by atoms with Crippen LogP contribution in [0.3, 0.4) is 0 Å². The van der Waals surface area contributed by atoms with Crippen LogP contribution in [-0.4, -0.2) is 40.8 Å². The van der Waals surface area contributed by atoms with Crippen LogP contribution < -0.4 is 10.2 Å². The second kappa shape index (κ2) is 7.13. The van der Waals surface area contributed by atoms with Crippen molar-refractivity contribution in [2.45, 2.75) is 51.7 Å². The van der Waals surface area contributed by atoms with E-state index in [9.17, 15) is 4.79 Å². The molecule has 7 heteroatoms. The summed E-state index contributed by atoms with van der Waals surface area (Å²) in [5, 5.41) is 3.35. The highest BCUT2D eigenvalue weighted by Crippen LogP contribution is 2.21. The Labute approximate surface area is 136 Å². The molecule has 2 heterocycles. The van der Waals surface area contributed by atoms with Gasteiger partial charge in [0.15, 0.2) is 0 Å². The Morgan fingerprint density at radius 3 is 2.73 bits per heavy atom. The van der Waals surface area contributed by atoms with Gasteiger partial charge in [-0.05, 0) is 40.0 Å². The quantitative estimate of drug-likeness (QED) is 0.924. The first-order valence-electron chi connectivity index (χ1n) is 7.56. The first-order valence-corrected chi connectivity index (χ1v) is 7.94. The first-order chi connectivity index (χ1) is 10.3. The molecule has 0 spiro atoms. The van der Waals surface area contributed by atoms with E-state index in [1.165, 1.54) is 0 Å². The Bertz CT molecular complexity index is 501. The number of carbonyl (C=O) groups excluding carboxylic acids is 1. The maximum atomic E-state index is 11.8. The average molecular weight is 327 g/mol. The second-order valence-corrected chi connectivity index (χ2v) is 6.86. The molecule has 1 amide bonds. The van der Waals surface area contributed by atoms with Crippen molar-refractivity contribution in [2.75, 3.05) is 18.0 Å². The van der Waals surface area contributed by atoms with Crippen LogP contribution in [0, 0.1) is 0 Å². The highest BCUT2D eigenvalue weighted by atomic mass is 35.5. The summed E-state index contributed by atoms with van der Waals surface area (Å²) in [6.07, 6.45) is 6.00. The van der Waals surface area contributed by atoms with E-state index in [1.807, 2.05) is 20.8 Å². The number of rotatable bonds is 3. The molecule has 1 aliphatic heterocycles. The summed E-state index contributed by atoms with van der Waals surface area (Å²) in [4.78, 5) is 22.5. The normalized spacial score (nSPS) is 18.9. The molecule has 6 nitrogen and oxygen atoms in total. The lowest BCUT2D eigenvalue weighted by atomic mass is 10.0. The molecule has 0 aromatic carbocycles. The third kappa shape index (κ3) is 5.02. The topological polar surface area (TPSA) is 67.3 Å². The lowest BCUT2D eigenvalue weighted by molar-refractivity contribution is 0.0522. The van der Waals surface area contributed by atoms with Crippen molar-refractivity contribution >= 4 is 23.6 Å². The molecule has 1 aromatic rings. The lowest BCUT2D eigenvalue weighted by Crippen LogP contribution is -2.48. The van der Waals surface area contributed by atoms with E-state index in [0.29, 0.717) is 17.5 Å². The zero-order valence-corrected chi connectivity index (χ0v) is 14.1. The first kappa shape index (κ1) is 16.8. The van der Waals surface area contributed by atoms with Crippen LogP contribution in [-0.2, 0) is 4.74 Å². The van der Waals surface area contributed by atoms with Gasteiger partial charge in [0.25, 0.3) is 0 Å². The van der Waals surface area contributed by atoms with E-state index < -0.39 is 11.7 Å². The van der Waals surface area contributed by atoms with Gasteiger partial charge < -0.3 is 15.0 Å². The Balaban J connectivity index is 1.95. The predicted molar refractivity (Wildman–Crippen MR) is 86.3 cm³/mol. The van der Waals surface area contributed by atoms with Crippen LogP contribution in [0.4, 0.5) is 10.7 Å². The summed E-state index contributed by atoms with van der Waals surface area (Å²) in [6.45, 7) is 6.94. The summed E-state index contributed by atoms with van der Waals surface area (Å²) < 4.78 is 5.27. The molecule has 0 bridgehead atoms. The molecule has 22 heavy (non-hydrogen) atoms. The monoisotopic (exact) mass is 326 g/mol. The number of hydrogen-bond acceptors (Lipinski definition) is 5. The van der Waals surface area contributed by atoms with Gasteiger partial charge in [0.2, 0.25) is 5.95 Å². The van der Waals surface area contributed by atoms with Crippen LogP contribution >= 0.6 is 11.6 Å². The van der Waals surface area contributed by atoms with Crippen molar-refractivity contribution in [3.05, 3.63) is 17.4 Å². The van der Waals surface area contributed by atoms with Crippen molar-refractivity contribution in [2.24, 2.45) is 0 Å². The van der Waals surface area contributed by atoms with Crippen LogP contribution in [0.1, 0.15) is 40.0 Å². The minimum atomic E-state index is -0.490. The molecule has 1 aromatic heterocycles. The second-order valence-electron chi connectivity index (χ2n) is 6.43. The zero-order valence-electron chi connectivity index (χ0n) is 13.3. The van der Waals surface area contributed by atoms with Crippen LogP contribution in [0.15, 0.2) is 12.4 Å². The fourth-order valence-corrected chi connectivity index (χ4v) is 2.54. The molecule has 1 N–H and O–H groups in total. The highest BCUT2D eigenvalue weighted by Gasteiger charge is 2.25. The zero-order chi connectivity index (χ0) is 16.2. The number of piperidine rings is 1. The third-order valence-electron chi connectivity index (χ3n) is 3.37. The fourth-order valence-electron chi connectivity index (χ4n) is 2.45. The number of amides is 1. The summed E-state index contributed by atoms with van der Waals surface area (Å²) in [5.41, 5.74) is -0.490. The highest BCUT2D eigenvalue weighted by molar-refractivity contribution is 6.30. The lowest BCUT2D eigenvalue weighted by Gasteiger charge is -2.35. The van der Waals surface area contributed by atoms with E-state index in [0.717, 1.165) is 25.8 Å². The smallest absolute Gasteiger partial charge is 0.407 e. The molecule has 1 fully saturated rings. The van der Waals surface area contributed by atoms with Crippen molar-refractivity contribution in [3.8, 4) is 0 Å². The van der Waals surface area contributed by atoms with Gasteiger partial charge in [0.05, 0.1) is 17.4 Å². The Kier molecular flexibility index (Phi) is 5.45. The number of aromatic nitrogens is 2. The minimum Gasteiger partial charge on any atom is -0.444 e. The van der Waals surface area contributed by atoms with E-state index in [-0.39, 0.29) is 6.04 Å². The number of nitrogens with zero attached hydrogens (tertiary/aromatic N) is 3. The molecular formula is C15H23ClN4O2. The number of halogens is 1. The molecule has 2 rings (SSSR count). The number of ether oxygens (including phenoxy) is 1. The Morgan fingerprint density at radius 1 is 1.41 bits per heavy atom. The maximum absolute atomic E-state index is 11.8. The van der Waals surface area contributed by atoms with Crippen molar-refractivity contribution in [3.63, 3.8) is 0 Å². The number of hydrogen-bond donors (Lipinski definition) is 1. The largest absolute Gasteiger partial charge is 0.444 e. The van der Waals surface area contributed by atoms with Crippen molar-refractivity contribution in [1.82, 2.24) is 15.3 Å². The number of nitrogens with one attached hydrogen (secondary N) is 1. The van der Waals surface area contributed by atoms with Gasteiger partial charge in [-0.15, -0.1) is 0 Å². The summed E-state index contributed by atoms with van der Waals surface area (Å²) in [5.74, 6) is 0.653. The third-order valence-corrected chi connectivity index (χ3v) is 3.57. The fraction of sp³-hybridized carbons (Fsp3) is 0.667. The van der Waals surface area contributed by atoms with Crippen LogP contribution in [0.25, 0.3) is 0 Å². The van der Waals surface area contributed by atoms with Gasteiger partial charge in [0, 0.05) is 19.1 Å². The molecule has 0 aliphatic carbocycles. The van der Waals surface area contributed by atoms with Gasteiger partial charge in [-0.3, -0.25) is 0 Å². The van der Waals surface area contributed by atoms with Gasteiger partial charge in [0.1, 0.15) is 5.60 Å². The van der Waals surface area contributed by atoms with Crippen molar-refractivity contribution in [1.29, 1.82) is 0 Å². The summed E-state index contributed by atoms with van der Waals surface area (Å²) in [7, 11) is 0. The minimum absolute atomic E-state index is 0.169. The van der Waals surface area contributed by atoms with Crippen LogP contribution in [0.2, 0.25) is 5.02 Å². The molecule has 0 saturated carbocycles. The number of anilines is 1. The van der Waals surface area contributed by atoms with Gasteiger partial charge in [-0.1, -0.05) is 11.6 Å². The Hall–Kier alpha value is -1.56. The van der Waals surface area contributed by atoms with E-state index in [1.54, 1.807) is 12.4 Å². The van der Waals surface area contributed by atoms with Gasteiger partial charge >= 0.3 is 6.09 Å². The number of carbonyl (C=O) groups is 1. The summed E-state index contributed by atoms with van der Waals surface area (Å²) >= 11 is 5.83. The molecule has 1 atom stereocenters. The SMILES string of the molecule is CC(C)(C)OC(=O)NC[C@@H]1CCCCN1c1ncc(Cl)cn1. The maximum Gasteiger partial charge on any atom is 0.407 e. The van der Waals surface area contributed by atoms with E-state index in [2.05, 4.69) is 20.2 Å². The summed E-state index contributed by atoms with van der Waals surface area (Å²) in [6, 6.07) is 0.169. The molecule has 1 aliphatic rings. The van der Waals surface area contributed by atoms with Gasteiger partial charge in [-0.25, -0.2) is 14.8 Å². The Morgan fingerprint density at radius 2 is 2.09 bits per heavy atom. The van der Waals surface area contributed by atoms with Crippen LogP contribution in [0.5, 0.6) is 0 Å². The molecule has 0 unspecified atom stereocenters. The number of alkyl carbamates (subject to hydrolysis) is 1. The average Bonchev–Trinajstić information content (AvgIpc) is 2.45. The molecular weight excluding hydrogens is 304 g/mol. The molecule has 1 saturated heterocycles. The van der Waals surface area contributed by atoms with Crippen molar-refractivity contribution < 1.29 is 9.53 Å². The molecule has 0 radical (unpaired) electrons. The predicted octanol–water partition coefficient (Wildman–Crippen LogP) is 3.01. The standard InChI is InChI=1S/C15H23ClN4O2/c1-15(2,3)22-14(21)19-10-12-6-4-5-7-20(12)13-17-8-11(16)9-18-13/h8-9,12H,4-7,10H2,1-3H3,(H,19,21)/t12-/m0/s1. The molecule has 122 valence electrons. The van der Waals surface area contributed by atoms with E-state index >= 15 is 0 Å². The van der Waals surface area contributed by atoms with Gasteiger partial charge in [-0.2, -0.15) is 0 Å².